The van der Waals surface area contributed by atoms with E-state index in [-0.39, 0.29) is 5.92 Å². The van der Waals surface area contributed by atoms with Gasteiger partial charge in [0.15, 0.2) is 0 Å². The van der Waals surface area contributed by atoms with Crippen molar-refractivity contribution in [3.8, 4) is 0 Å². The highest BCUT2D eigenvalue weighted by molar-refractivity contribution is 7.19. The van der Waals surface area contributed by atoms with Crippen LogP contribution in [0.25, 0.3) is 10.2 Å². The molecule has 6 heteroatoms. The van der Waals surface area contributed by atoms with E-state index in [1.54, 1.807) is 11.3 Å². The molecule has 1 aliphatic rings. The van der Waals surface area contributed by atoms with Gasteiger partial charge in [-0.25, -0.2) is 14.8 Å². The van der Waals surface area contributed by atoms with Gasteiger partial charge in [0, 0.05) is 11.3 Å². The van der Waals surface area contributed by atoms with Crippen molar-refractivity contribution in [1.82, 2.24) is 9.97 Å². The molecule has 1 atom stereocenters. The van der Waals surface area contributed by atoms with Crippen molar-refractivity contribution >= 4 is 33.3 Å². The van der Waals surface area contributed by atoms with Gasteiger partial charge in [0.25, 0.3) is 0 Å². The topological polar surface area (TPSA) is 75.1 Å². The molecule has 3 aromatic rings. The number of thiophene rings is 1. The lowest BCUT2D eigenvalue weighted by Crippen LogP contribution is -2.31. The Balaban J connectivity index is 1.76. The lowest BCUT2D eigenvalue weighted by atomic mass is 10.0. The van der Waals surface area contributed by atoms with E-state index in [1.165, 1.54) is 10.4 Å². The molecule has 4 rings (SSSR count). The van der Waals surface area contributed by atoms with Crippen LogP contribution >= 0.6 is 11.3 Å². The van der Waals surface area contributed by atoms with Crippen LogP contribution in [-0.2, 0) is 24.1 Å². The molecular formula is C22H25N3O2S. The van der Waals surface area contributed by atoms with Crippen LogP contribution in [0.3, 0.4) is 0 Å². The van der Waals surface area contributed by atoms with E-state index in [4.69, 9.17) is 9.97 Å². The average Bonchev–Trinajstić information content (AvgIpc) is 3.22. The number of carbonyl (C=O) groups is 1. The molecule has 1 unspecified atom stereocenters. The van der Waals surface area contributed by atoms with E-state index in [0.29, 0.717) is 18.7 Å². The van der Waals surface area contributed by atoms with Crippen molar-refractivity contribution in [1.29, 1.82) is 0 Å². The molecule has 28 heavy (non-hydrogen) atoms. The van der Waals surface area contributed by atoms with Crippen LogP contribution in [0.2, 0.25) is 0 Å². The van der Waals surface area contributed by atoms with Gasteiger partial charge in [0.2, 0.25) is 0 Å². The summed E-state index contributed by atoms with van der Waals surface area (Å²) in [5.41, 5.74) is 2.45. The normalized spacial score (nSPS) is 14.4. The minimum Gasteiger partial charge on any atom is -0.480 e. The first-order valence-corrected chi connectivity index (χ1v) is 10.7. The number of benzene rings is 1. The van der Waals surface area contributed by atoms with Gasteiger partial charge in [-0.15, -0.1) is 11.3 Å². The largest absolute Gasteiger partial charge is 0.480 e. The Labute approximate surface area is 168 Å². The van der Waals surface area contributed by atoms with E-state index in [1.807, 2.05) is 32.0 Å². The van der Waals surface area contributed by atoms with Crippen molar-refractivity contribution in [2.45, 2.75) is 52.0 Å². The zero-order chi connectivity index (χ0) is 19.7. The lowest BCUT2D eigenvalue weighted by Gasteiger charge is -2.18. The number of carboxylic acids is 1. The molecule has 2 heterocycles. The number of carboxylic acid groups (broad SMARTS) is 1. The maximum atomic E-state index is 11.8. The van der Waals surface area contributed by atoms with Crippen molar-refractivity contribution in [2.75, 3.05) is 5.32 Å². The molecule has 146 valence electrons. The number of aromatic nitrogens is 2. The first-order valence-electron chi connectivity index (χ1n) is 9.85. The second-order valence-corrected chi connectivity index (χ2v) is 8.94. The van der Waals surface area contributed by atoms with E-state index in [9.17, 15) is 9.90 Å². The summed E-state index contributed by atoms with van der Waals surface area (Å²) < 4.78 is 0. The van der Waals surface area contributed by atoms with Crippen LogP contribution in [0.4, 0.5) is 5.82 Å². The fourth-order valence-corrected chi connectivity index (χ4v) is 5.14. The van der Waals surface area contributed by atoms with Gasteiger partial charge in [0.1, 0.15) is 22.5 Å². The number of fused-ring (bicyclic) bond motifs is 3. The molecule has 2 aromatic heterocycles. The maximum Gasteiger partial charge on any atom is 0.326 e. The Bertz CT molecular complexity index is 998. The van der Waals surface area contributed by atoms with Crippen LogP contribution in [0.5, 0.6) is 0 Å². The average molecular weight is 396 g/mol. The monoisotopic (exact) mass is 395 g/mol. The third-order valence-corrected chi connectivity index (χ3v) is 6.32. The zero-order valence-corrected chi connectivity index (χ0v) is 17.1. The molecule has 0 saturated heterocycles. The summed E-state index contributed by atoms with van der Waals surface area (Å²) in [5.74, 6) is 0.859. The van der Waals surface area contributed by atoms with Crippen LogP contribution < -0.4 is 5.32 Å². The lowest BCUT2D eigenvalue weighted by molar-refractivity contribution is -0.138. The Morgan fingerprint density at radius 2 is 2.00 bits per heavy atom. The third kappa shape index (κ3) is 3.87. The second-order valence-electron chi connectivity index (χ2n) is 7.85. The number of aliphatic carboxylic acids is 1. The van der Waals surface area contributed by atoms with Gasteiger partial charge in [-0.1, -0.05) is 44.2 Å². The van der Waals surface area contributed by atoms with Gasteiger partial charge in [-0.2, -0.15) is 0 Å². The van der Waals surface area contributed by atoms with Gasteiger partial charge in [0.05, 0.1) is 5.39 Å². The molecule has 0 amide bonds. The molecule has 0 fully saturated rings. The van der Waals surface area contributed by atoms with Crippen molar-refractivity contribution < 1.29 is 9.90 Å². The molecule has 0 aliphatic heterocycles. The van der Waals surface area contributed by atoms with Gasteiger partial charge in [-0.05, 0) is 42.7 Å². The Morgan fingerprint density at radius 1 is 1.21 bits per heavy atom. The number of hydrogen-bond donors (Lipinski definition) is 2. The minimum absolute atomic E-state index is 0.280. The number of nitrogens with zero attached hydrogens (tertiary/aromatic N) is 2. The molecule has 0 spiro atoms. The van der Waals surface area contributed by atoms with Crippen molar-refractivity contribution in [3.05, 3.63) is 52.2 Å². The number of rotatable bonds is 7. The standard InChI is InChI=1S/C22H25N3O2S/c1-13(2)11-16(22(26)27)23-20-19-15-9-6-10-17(15)28-21(19)25-18(24-20)12-14-7-4-3-5-8-14/h3-5,7-8,13,16H,6,9-12H2,1-2H3,(H,26,27)(H,23,24,25). The third-order valence-electron chi connectivity index (χ3n) is 5.13. The predicted octanol–water partition coefficient (Wildman–Crippen LogP) is 4.68. The molecule has 1 aliphatic carbocycles. The van der Waals surface area contributed by atoms with E-state index in [0.717, 1.165) is 40.9 Å². The van der Waals surface area contributed by atoms with Crippen LogP contribution in [0.1, 0.15) is 48.5 Å². The molecule has 5 nitrogen and oxygen atoms in total. The molecule has 1 aromatic carbocycles. The highest BCUT2D eigenvalue weighted by Gasteiger charge is 2.26. The zero-order valence-electron chi connectivity index (χ0n) is 16.2. The summed E-state index contributed by atoms with van der Waals surface area (Å²) in [6, 6.07) is 9.49. The summed E-state index contributed by atoms with van der Waals surface area (Å²) >= 11 is 1.74. The fraction of sp³-hybridized carbons (Fsp3) is 0.409. The molecule has 2 N–H and O–H groups in total. The predicted molar refractivity (Wildman–Crippen MR) is 113 cm³/mol. The Morgan fingerprint density at radius 3 is 2.71 bits per heavy atom. The first-order chi connectivity index (χ1) is 13.5. The Kier molecular flexibility index (Phi) is 5.31. The highest BCUT2D eigenvalue weighted by Crippen LogP contribution is 2.40. The quantitative estimate of drug-likeness (QED) is 0.607. The Hall–Kier alpha value is -2.47. The number of nitrogens with one attached hydrogen (secondary N) is 1. The SMILES string of the molecule is CC(C)CC(Nc1nc(Cc2ccccc2)nc2sc3c(c12)CCC3)C(=O)O. The number of aryl methyl sites for hydroxylation is 2. The molecule has 0 bridgehead atoms. The van der Waals surface area contributed by atoms with E-state index in [2.05, 4.69) is 17.4 Å². The van der Waals surface area contributed by atoms with Crippen molar-refractivity contribution in [3.63, 3.8) is 0 Å². The maximum absolute atomic E-state index is 11.8. The van der Waals surface area contributed by atoms with Gasteiger partial charge >= 0.3 is 5.97 Å². The summed E-state index contributed by atoms with van der Waals surface area (Å²) in [7, 11) is 0. The van der Waals surface area contributed by atoms with Crippen LogP contribution in [0.15, 0.2) is 30.3 Å². The second kappa shape index (κ2) is 7.87. The van der Waals surface area contributed by atoms with E-state index < -0.39 is 12.0 Å². The van der Waals surface area contributed by atoms with Crippen molar-refractivity contribution in [2.24, 2.45) is 5.92 Å². The fourth-order valence-electron chi connectivity index (χ4n) is 3.86. The van der Waals surface area contributed by atoms with Crippen LogP contribution in [0, 0.1) is 5.92 Å². The minimum atomic E-state index is -0.836. The summed E-state index contributed by atoms with van der Waals surface area (Å²) in [6.45, 7) is 4.08. The molecular weight excluding hydrogens is 370 g/mol. The summed E-state index contributed by atoms with van der Waals surface area (Å²) in [6.07, 6.45) is 4.44. The smallest absolute Gasteiger partial charge is 0.326 e. The highest BCUT2D eigenvalue weighted by atomic mass is 32.1. The summed E-state index contributed by atoms with van der Waals surface area (Å²) in [5, 5.41) is 14.0. The van der Waals surface area contributed by atoms with Crippen LogP contribution in [-0.4, -0.2) is 27.1 Å². The number of anilines is 1. The molecule has 0 radical (unpaired) electrons. The summed E-state index contributed by atoms with van der Waals surface area (Å²) in [4.78, 5) is 23.8. The van der Waals surface area contributed by atoms with Gasteiger partial charge < -0.3 is 10.4 Å². The van der Waals surface area contributed by atoms with Gasteiger partial charge in [-0.3, -0.25) is 0 Å². The first kappa shape index (κ1) is 18.9. The molecule has 0 saturated carbocycles. The number of hydrogen-bond acceptors (Lipinski definition) is 5. The van der Waals surface area contributed by atoms with E-state index >= 15 is 0 Å².